The van der Waals surface area contributed by atoms with Crippen LogP contribution in [-0.4, -0.2) is 18.5 Å². The summed E-state index contributed by atoms with van der Waals surface area (Å²) in [4.78, 5) is 13.4. The second kappa shape index (κ2) is 6.16. The first kappa shape index (κ1) is 14.5. The molecule has 1 amide bonds. The summed E-state index contributed by atoms with van der Waals surface area (Å²) in [7, 11) is 0. The van der Waals surface area contributed by atoms with Crippen LogP contribution in [0.2, 0.25) is 0 Å². The van der Waals surface area contributed by atoms with E-state index in [1.165, 1.54) is 20.5 Å². The number of carbonyl (C=O) groups is 1. The molecule has 2 aromatic rings. The third-order valence-corrected chi connectivity index (χ3v) is 5.72. The Balaban J connectivity index is 1.81. The molecule has 2 N–H and O–H groups in total. The van der Waals surface area contributed by atoms with E-state index in [4.69, 9.17) is 0 Å². The minimum Gasteiger partial charge on any atom is -0.355 e. The molecule has 0 bridgehead atoms. The van der Waals surface area contributed by atoms with Crippen molar-refractivity contribution in [2.24, 2.45) is 0 Å². The quantitative estimate of drug-likeness (QED) is 0.910. The molecule has 1 aromatic heterocycles. The summed E-state index contributed by atoms with van der Waals surface area (Å²) >= 11 is 1.83. The van der Waals surface area contributed by atoms with E-state index in [1.54, 1.807) is 0 Å². The highest BCUT2D eigenvalue weighted by molar-refractivity contribution is 7.19. The van der Waals surface area contributed by atoms with Crippen LogP contribution >= 0.6 is 11.3 Å². The minimum absolute atomic E-state index is 0.0629. The van der Waals surface area contributed by atoms with Crippen molar-refractivity contribution >= 4 is 27.3 Å². The van der Waals surface area contributed by atoms with Gasteiger partial charge < -0.3 is 5.32 Å². The lowest BCUT2D eigenvalue weighted by atomic mass is 10.1. The zero-order chi connectivity index (χ0) is 14.8. The first-order valence-electron chi connectivity index (χ1n) is 7.68. The Morgan fingerprint density at radius 2 is 2.14 bits per heavy atom. The Bertz CT molecular complexity index is 649. The van der Waals surface area contributed by atoms with Crippen molar-refractivity contribution in [3.8, 4) is 0 Å². The van der Waals surface area contributed by atoms with Crippen LogP contribution in [0.4, 0.5) is 0 Å². The summed E-state index contributed by atoms with van der Waals surface area (Å²) in [6.45, 7) is 5.16. The van der Waals surface area contributed by atoms with Crippen molar-refractivity contribution in [2.45, 2.75) is 45.2 Å². The van der Waals surface area contributed by atoms with E-state index in [0.717, 1.165) is 25.8 Å². The van der Waals surface area contributed by atoms with Gasteiger partial charge in [0.2, 0.25) is 5.91 Å². The van der Waals surface area contributed by atoms with Crippen LogP contribution in [0.15, 0.2) is 24.3 Å². The van der Waals surface area contributed by atoms with Gasteiger partial charge in [0.15, 0.2) is 0 Å². The maximum absolute atomic E-state index is 12.1. The van der Waals surface area contributed by atoms with Crippen molar-refractivity contribution in [3.05, 3.63) is 34.7 Å². The van der Waals surface area contributed by atoms with Gasteiger partial charge in [0, 0.05) is 22.2 Å². The van der Waals surface area contributed by atoms with E-state index in [0.29, 0.717) is 0 Å². The van der Waals surface area contributed by atoms with E-state index >= 15 is 0 Å². The summed E-state index contributed by atoms with van der Waals surface area (Å²) < 4.78 is 1.32. The molecule has 1 fully saturated rings. The smallest absolute Gasteiger partial charge is 0.237 e. The van der Waals surface area contributed by atoms with Crippen LogP contribution in [0.25, 0.3) is 10.1 Å². The lowest BCUT2D eigenvalue weighted by Gasteiger charge is -2.20. The number of nitrogens with one attached hydrogen (secondary N) is 2. The SMILES string of the molecule is Cc1c(C(C)NC2CCCCNC2=O)sc2ccccc12. The van der Waals surface area contributed by atoms with E-state index in [1.807, 2.05) is 11.3 Å². The molecule has 1 aromatic carbocycles. The van der Waals surface area contributed by atoms with Gasteiger partial charge in [-0.1, -0.05) is 18.2 Å². The number of fused-ring (bicyclic) bond motifs is 1. The van der Waals surface area contributed by atoms with E-state index in [2.05, 4.69) is 48.7 Å². The predicted molar refractivity (Wildman–Crippen MR) is 88.8 cm³/mol. The Morgan fingerprint density at radius 3 is 2.95 bits per heavy atom. The van der Waals surface area contributed by atoms with E-state index in [-0.39, 0.29) is 18.0 Å². The molecular formula is C17H22N2OS. The van der Waals surface area contributed by atoms with Crippen molar-refractivity contribution in [2.75, 3.05) is 6.54 Å². The molecule has 3 rings (SSSR count). The fourth-order valence-corrected chi connectivity index (χ4v) is 4.30. The van der Waals surface area contributed by atoms with Crippen molar-refractivity contribution in [1.82, 2.24) is 10.6 Å². The standard InChI is InChI=1S/C17H22N2OS/c1-11-13-7-3-4-9-15(13)21-16(11)12(2)19-14-8-5-6-10-18-17(14)20/h3-4,7,9,12,14,19H,5-6,8,10H2,1-2H3,(H,18,20). The molecule has 112 valence electrons. The van der Waals surface area contributed by atoms with Crippen LogP contribution < -0.4 is 10.6 Å². The van der Waals surface area contributed by atoms with Gasteiger partial charge >= 0.3 is 0 Å². The Labute approximate surface area is 129 Å². The molecule has 0 spiro atoms. The number of carbonyl (C=O) groups excluding carboxylic acids is 1. The predicted octanol–water partition coefficient (Wildman–Crippen LogP) is 3.53. The highest BCUT2D eigenvalue weighted by atomic mass is 32.1. The highest BCUT2D eigenvalue weighted by Gasteiger charge is 2.24. The Kier molecular flexibility index (Phi) is 4.27. The normalized spacial score (nSPS) is 21.0. The zero-order valence-corrected chi connectivity index (χ0v) is 13.4. The average molecular weight is 302 g/mol. The zero-order valence-electron chi connectivity index (χ0n) is 12.6. The number of benzene rings is 1. The third-order valence-electron chi connectivity index (χ3n) is 4.26. The van der Waals surface area contributed by atoms with Gasteiger partial charge in [-0.05, 0) is 50.1 Å². The molecule has 21 heavy (non-hydrogen) atoms. The van der Waals surface area contributed by atoms with Gasteiger partial charge in [-0.3, -0.25) is 10.1 Å². The molecular weight excluding hydrogens is 280 g/mol. The average Bonchev–Trinajstić information content (AvgIpc) is 2.69. The summed E-state index contributed by atoms with van der Waals surface area (Å²) in [6.07, 6.45) is 3.12. The topological polar surface area (TPSA) is 41.1 Å². The van der Waals surface area contributed by atoms with Crippen LogP contribution in [-0.2, 0) is 4.79 Å². The molecule has 2 atom stereocenters. The number of rotatable bonds is 3. The lowest BCUT2D eigenvalue weighted by Crippen LogP contribution is -2.43. The summed E-state index contributed by atoms with van der Waals surface area (Å²) in [6, 6.07) is 8.65. The number of amides is 1. The largest absolute Gasteiger partial charge is 0.355 e. The van der Waals surface area contributed by atoms with Gasteiger partial charge in [0.25, 0.3) is 0 Å². The van der Waals surface area contributed by atoms with Crippen LogP contribution in [0, 0.1) is 6.92 Å². The Hall–Kier alpha value is -1.39. The maximum Gasteiger partial charge on any atom is 0.237 e. The molecule has 4 heteroatoms. The molecule has 0 aliphatic carbocycles. The van der Waals surface area contributed by atoms with Gasteiger partial charge in [0.05, 0.1) is 6.04 Å². The molecule has 0 radical (unpaired) electrons. The molecule has 1 saturated heterocycles. The van der Waals surface area contributed by atoms with Crippen molar-refractivity contribution < 1.29 is 4.79 Å². The number of hydrogen-bond donors (Lipinski definition) is 2. The second-order valence-electron chi connectivity index (χ2n) is 5.82. The number of thiophene rings is 1. The van der Waals surface area contributed by atoms with E-state index in [9.17, 15) is 4.79 Å². The second-order valence-corrected chi connectivity index (χ2v) is 6.90. The van der Waals surface area contributed by atoms with Gasteiger partial charge in [-0.25, -0.2) is 0 Å². The molecule has 2 unspecified atom stereocenters. The minimum atomic E-state index is -0.0629. The van der Waals surface area contributed by atoms with Gasteiger partial charge in [-0.15, -0.1) is 11.3 Å². The first-order valence-corrected chi connectivity index (χ1v) is 8.50. The summed E-state index contributed by atoms with van der Waals surface area (Å²) in [5.74, 6) is 0.151. The van der Waals surface area contributed by atoms with Crippen molar-refractivity contribution in [1.29, 1.82) is 0 Å². The molecule has 1 aliphatic rings. The van der Waals surface area contributed by atoms with Crippen LogP contribution in [0.5, 0.6) is 0 Å². The molecule has 1 aliphatic heterocycles. The van der Waals surface area contributed by atoms with Crippen LogP contribution in [0.1, 0.15) is 42.7 Å². The third kappa shape index (κ3) is 2.97. The van der Waals surface area contributed by atoms with Crippen molar-refractivity contribution in [3.63, 3.8) is 0 Å². The molecule has 2 heterocycles. The van der Waals surface area contributed by atoms with Crippen LogP contribution in [0.3, 0.4) is 0 Å². The maximum atomic E-state index is 12.1. The summed E-state index contributed by atoms with van der Waals surface area (Å²) in [5, 5.41) is 7.85. The Morgan fingerprint density at radius 1 is 1.33 bits per heavy atom. The molecule has 0 saturated carbocycles. The van der Waals surface area contributed by atoms with Gasteiger partial charge in [-0.2, -0.15) is 0 Å². The highest BCUT2D eigenvalue weighted by Crippen LogP contribution is 2.34. The number of hydrogen-bond acceptors (Lipinski definition) is 3. The fraction of sp³-hybridized carbons (Fsp3) is 0.471. The fourth-order valence-electron chi connectivity index (χ4n) is 3.08. The molecule has 3 nitrogen and oxygen atoms in total. The summed E-state index contributed by atoms with van der Waals surface area (Å²) in [5.41, 5.74) is 1.34. The monoisotopic (exact) mass is 302 g/mol. The first-order chi connectivity index (χ1) is 10.2. The lowest BCUT2D eigenvalue weighted by molar-refractivity contribution is -0.123. The number of aryl methyl sites for hydroxylation is 1. The van der Waals surface area contributed by atoms with Gasteiger partial charge in [0.1, 0.15) is 0 Å². The van der Waals surface area contributed by atoms with E-state index < -0.39 is 0 Å².